The monoisotopic (exact) mass is 289 g/mol. The molecule has 1 heterocycles. The second-order valence-electron chi connectivity index (χ2n) is 6.16. The molecular weight excluding hydrogens is 269 g/mol. The van der Waals surface area contributed by atoms with Crippen LogP contribution in [0.25, 0.3) is 5.69 Å². The number of halogens is 1. The minimum absolute atomic E-state index is 0.00334. The van der Waals surface area contributed by atoms with Crippen molar-refractivity contribution in [3.05, 3.63) is 48.0 Å². The Hall–Kier alpha value is -2.17. The number of carbonyl (C=O) groups excluding carboxylic acids is 1. The number of amides is 1. The quantitative estimate of drug-likeness (QED) is 0.943. The van der Waals surface area contributed by atoms with Crippen molar-refractivity contribution < 1.29 is 9.18 Å². The van der Waals surface area contributed by atoms with Gasteiger partial charge in [0.2, 0.25) is 0 Å². The number of aromatic nitrogens is 2. The third kappa shape index (κ3) is 3.48. The van der Waals surface area contributed by atoms with Crippen LogP contribution in [0.15, 0.2) is 36.5 Å². The van der Waals surface area contributed by atoms with Gasteiger partial charge in [-0.15, -0.1) is 0 Å². The molecule has 0 bridgehead atoms. The van der Waals surface area contributed by atoms with Crippen molar-refractivity contribution in [2.45, 2.75) is 33.7 Å². The molecule has 1 aromatic carbocycles. The first-order valence-electron chi connectivity index (χ1n) is 6.90. The van der Waals surface area contributed by atoms with E-state index in [-0.39, 0.29) is 28.9 Å². The van der Waals surface area contributed by atoms with Crippen LogP contribution >= 0.6 is 0 Å². The van der Waals surface area contributed by atoms with Crippen molar-refractivity contribution in [2.75, 3.05) is 0 Å². The van der Waals surface area contributed by atoms with Crippen molar-refractivity contribution in [3.63, 3.8) is 0 Å². The zero-order valence-corrected chi connectivity index (χ0v) is 12.7. The van der Waals surface area contributed by atoms with Gasteiger partial charge in [-0.05, 0) is 30.5 Å². The Labute approximate surface area is 124 Å². The summed E-state index contributed by atoms with van der Waals surface area (Å²) in [5, 5.41) is 7.05. The maximum Gasteiger partial charge on any atom is 0.272 e. The average molecular weight is 289 g/mol. The van der Waals surface area contributed by atoms with Crippen molar-refractivity contribution in [1.29, 1.82) is 0 Å². The van der Waals surface area contributed by atoms with Gasteiger partial charge in [-0.3, -0.25) is 4.79 Å². The Morgan fingerprint density at radius 1 is 1.29 bits per heavy atom. The lowest BCUT2D eigenvalue weighted by atomic mass is 9.88. The van der Waals surface area contributed by atoms with E-state index in [1.807, 2.05) is 6.92 Å². The van der Waals surface area contributed by atoms with Gasteiger partial charge >= 0.3 is 0 Å². The van der Waals surface area contributed by atoms with Crippen LogP contribution in [0, 0.1) is 11.2 Å². The molecule has 2 rings (SSSR count). The highest BCUT2D eigenvalue weighted by Crippen LogP contribution is 2.19. The molecule has 21 heavy (non-hydrogen) atoms. The van der Waals surface area contributed by atoms with E-state index < -0.39 is 0 Å². The van der Waals surface area contributed by atoms with E-state index in [0.29, 0.717) is 5.69 Å². The average Bonchev–Trinajstić information content (AvgIpc) is 2.87. The summed E-state index contributed by atoms with van der Waals surface area (Å²) < 4.78 is 15.1. The third-order valence-electron chi connectivity index (χ3n) is 3.57. The zero-order valence-electron chi connectivity index (χ0n) is 12.7. The molecule has 112 valence electrons. The number of carbonyl (C=O) groups is 1. The molecule has 1 aromatic heterocycles. The molecule has 4 nitrogen and oxygen atoms in total. The highest BCUT2D eigenvalue weighted by Gasteiger charge is 2.23. The van der Waals surface area contributed by atoms with Crippen LogP contribution in [-0.4, -0.2) is 21.7 Å². The number of para-hydroxylation sites is 1. The summed E-state index contributed by atoms with van der Waals surface area (Å²) in [6.07, 6.45) is 1.58. The molecule has 0 fully saturated rings. The molecule has 0 aliphatic heterocycles. The maximum absolute atomic E-state index is 13.7. The molecule has 0 spiro atoms. The summed E-state index contributed by atoms with van der Waals surface area (Å²) in [6, 6.07) is 7.89. The molecule has 0 aliphatic carbocycles. The SMILES string of the molecule is CC(NC(=O)c1ccn(-c2ccccc2F)n1)C(C)(C)C. The van der Waals surface area contributed by atoms with E-state index in [1.165, 1.54) is 10.7 Å². The summed E-state index contributed by atoms with van der Waals surface area (Å²) >= 11 is 0. The van der Waals surface area contributed by atoms with Crippen molar-refractivity contribution in [1.82, 2.24) is 15.1 Å². The smallest absolute Gasteiger partial charge is 0.272 e. The fourth-order valence-electron chi connectivity index (χ4n) is 1.70. The Morgan fingerprint density at radius 3 is 2.57 bits per heavy atom. The van der Waals surface area contributed by atoms with E-state index >= 15 is 0 Å². The lowest BCUT2D eigenvalue weighted by molar-refractivity contribution is 0.0904. The van der Waals surface area contributed by atoms with Gasteiger partial charge in [0.25, 0.3) is 5.91 Å². The Bertz CT molecular complexity index is 643. The van der Waals surface area contributed by atoms with Gasteiger partial charge in [0.05, 0.1) is 0 Å². The molecule has 1 amide bonds. The number of benzene rings is 1. The zero-order chi connectivity index (χ0) is 15.6. The Kier molecular flexibility index (Phi) is 4.11. The van der Waals surface area contributed by atoms with Crippen LogP contribution < -0.4 is 5.32 Å². The van der Waals surface area contributed by atoms with Crippen LogP contribution in [0.2, 0.25) is 0 Å². The Balaban J connectivity index is 2.17. The lowest BCUT2D eigenvalue weighted by Gasteiger charge is -2.27. The maximum atomic E-state index is 13.7. The molecular formula is C16H20FN3O. The second kappa shape index (κ2) is 5.68. The van der Waals surface area contributed by atoms with E-state index in [1.54, 1.807) is 30.5 Å². The first-order chi connectivity index (χ1) is 9.79. The molecule has 5 heteroatoms. The van der Waals surface area contributed by atoms with Crippen molar-refractivity contribution >= 4 is 5.91 Å². The van der Waals surface area contributed by atoms with Gasteiger partial charge in [-0.25, -0.2) is 9.07 Å². The molecule has 0 aliphatic rings. The topological polar surface area (TPSA) is 46.9 Å². The largest absolute Gasteiger partial charge is 0.348 e. The van der Waals surface area contributed by atoms with Crippen LogP contribution in [0.3, 0.4) is 0 Å². The third-order valence-corrected chi connectivity index (χ3v) is 3.57. The molecule has 1 atom stereocenters. The van der Waals surface area contributed by atoms with E-state index in [2.05, 4.69) is 31.2 Å². The minimum atomic E-state index is -0.379. The van der Waals surface area contributed by atoms with Crippen LogP contribution in [0.1, 0.15) is 38.2 Å². The minimum Gasteiger partial charge on any atom is -0.348 e. The highest BCUT2D eigenvalue weighted by atomic mass is 19.1. The van der Waals surface area contributed by atoms with Crippen LogP contribution in [-0.2, 0) is 0 Å². The lowest BCUT2D eigenvalue weighted by Crippen LogP contribution is -2.41. The summed E-state index contributed by atoms with van der Waals surface area (Å²) in [4.78, 5) is 12.2. The van der Waals surface area contributed by atoms with Crippen molar-refractivity contribution in [3.8, 4) is 5.69 Å². The van der Waals surface area contributed by atoms with E-state index in [0.717, 1.165) is 0 Å². The van der Waals surface area contributed by atoms with Gasteiger partial charge in [0.1, 0.15) is 11.5 Å². The first kappa shape index (κ1) is 15.2. The fourth-order valence-corrected chi connectivity index (χ4v) is 1.70. The van der Waals surface area contributed by atoms with Gasteiger partial charge in [0, 0.05) is 12.2 Å². The predicted molar refractivity (Wildman–Crippen MR) is 79.9 cm³/mol. The fraction of sp³-hybridized carbons (Fsp3) is 0.375. The number of rotatable bonds is 3. The van der Waals surface area contributed by atoms with E-state index in [9.17, 15) is 9.18 Å². The first-order valence-corrected chi connectivity index (χ1v) is 6.90. The van der Waals surface area contributed by atoms with Gasteiger partial charge in [0.15, 0.2) is 5.69 Å². The summed E-state index contributed by atoms with van der Waals surface area (Å²) in [5.74, 6) is -0.636. The van der Waals surface area contributed by atoms with Crippen LogP contribution in [0.5, 0.6) is 0 Å². The van der Waals surface area contributed by atoms with E-state index in [4.69, 9.17) is 0 Å². The predicted octanol–water partition coefficient (Wildman–Crippen LogP) is 3.18. The molecule has 0 saturated carbocycles. The number of nitrogens with one attached hydrogen (secondary N) is 1. The number of hydrogen-bond donors (Lipinski definition) is 1. The molecule has 0 radical (unpaired) electrons. The molecule has 0 saturated heterocycles. The number of nitrogens with zero attached hydrogens (tertiary/aromatic N) is 2. The van der Waals surface area contributed by atoms with Crippen LogP contribution in [0.4, 0.5) is 4.39 Å². The van der Waals surface area contributed by atoms with Gasteiger partial charge < -0.3 is 5.32 Å². The molecule has 1 unspecified atom stereocenters. The number of hydrogen-bond acceptors (Lipinski definition) is 2. The summed E-state index contributed by atoms with van der Waals surface area (Å²) in [5.41, 5.74) is 0.554. The summed E-state index contributed by atoms with van der Waals surface area (Å²) in [6.45, 7) is 8.10. The highest BCUT2D eigenvalue weighted by molar-refractivity contribution is 5.92. The van der Waals surface area contributed by atoms with Gasteiger partial charge in [-0.1, -0.05) is 32.9 Å². The molecule has 2 aromatic rings. The van der Waals surface area contributed by atoms with Gasteiger partial charge in [-0.2, -0.15) is 5.10 Å². The Morgan fingerprint density at radius 2 is 1.95 bits per heavy atom. The second-order valence-corrected chi connectivity index (χ2v) is 6.16. The standard InChI is InChI=1S/C16H20FN3O/c1-11(16(2,3)4)18-15(21)13-9-10-20(19-13)14-8-6-5-7-12(14)17/h5-11H,1-4H3,(H,18,21). The summed E-state index contributed by atoms with van der Waals surface area (Å²) in [7, 11) is 0. The van der Waals surface area contributed by atoms with Crippen molar-refractivity contribution in [2.24, 2.45) is 5.41 Å². The normalized spacial score (nSPS) is 13.0. The molecule has 1 N–H and O–H groups in total.